The second kappa shape index (κ2) is 7.41. The number of rotatable bonds is 3. The summed E-state index contributed by atoms with van der Waals surface area (Å²) < 4.78 is 0. The summed E-state index contributed by atoms with van der Waals surface area (Å²) in [6, 6.07) is 15.1. The second-order valence-electron chi connectivity index (χ2n) is 7.90. The summed E-state index contributed by atoms with van der Waals surface area (Å²) in [7, 11) is 2.07. The van der Waals surface area contributed by atoms with Gasteiger partial charge in [0, 0.05) is 43.0 Å². The molecule has 3 aliphatic heterocycles. The number of halogens is 1. The number of benzene rings is 2. The molecule has 0 saturated heterocycles. The van der Waals surface area contributed by atoms with E-state index < -0.39 is 0 Å². The highest BCUT2D eigenvalue weighted by Crippen LogP contribution is 2.40. The zero-order valence-corrected chi connectivity index (χ0v) is 17.6. The van der Waals surface area contributed by atoms with Crippen LogP contribution < -0.4 is 16.2 Å². The Bertz CT molecular complexity index is 1010. The molecular weight excluding hydrogens is 382 g/mol. The smallest absolute Gasteiger partial charge is 0.0816 e. The van der Waals surface area contributed by atoms with Crippen molar-refractivity contribution < 1.29 is 0 Å². The topological polar surface area (TPSA) is 42.6 Å². The third-order valence-corrected chi connectivity index (χ3v) is 6.29. The maximum absolute atomic E-state index is 6.23. The monoisotopic (exact) mass is 407 g/mol. The minimum atomic E-state index is 0.205. The zero-order chi connectivity index (χ0) is 20.0. The van der Waals surface area contributed by atoms with Crippen molar-refractivity contribution in [3.8, 4) is 0 Å². The molecule has 6 heteroatoms. The molecule has 0 bridgehead atoms. The Balaban J connectivity index is 1.61. The van der Waals surface area contributed by atoms with Gasteiger partial charge in [-0.05, 0) is 54.3 Å². The van der Waals surface area contributed by atoms with E-state index in [-0.39, 0.29) is 6.04 Å². The minimum Gasteiger partial charge on any atom is -0.378 e. The molecule has 2 aromatic carbocycles. The Morgan fingerprint density at radius 3 is 2.86 bits per heavy atom. The van der Waals surface area contributed by atoms with E-state index in [1.165, 1.54) is 33.7 Å². The zero-order valence-electron chi connectivity index (χ0n) is 16.8. The molecule has 3 aliphatic rings. The summed E-state index contributed by atoms with van der Waals surface area (Å²) in [5.74, 6) is 0. The lowest BCUT2D eigenvalue weighted by Gasteiger charge is -2.23. The average molecular weight is 408 g/mol. The van der Waals surface area contributed by atoms with Crippen molar-refractivity contribution in [3.63, 3.8) is 0 Å². The number of nitrogens with one attached hydrogen (secondary N) is 3. The van der Waals surface area contributed by atoms with E-state index in [1.807, 2.05) is 18.2 Å². The molecule has 0 amide bonds. The van der Waals surface area contributed by atoms with Crippen LogP contribution in [0.15, 0.2) is 54.2 Å². The highest BCUT2D eigenvalue weighted by atomic mass is 35.5. The molecule has 1 unspecified atom stereocenters. The van der Waals surface area contributed by atoms with Crippen LogP contribution in [0.1, 0.15) is 36.1 Å². The van der Waals surface area contributed by atoms with Gasteiger partial charge in [-0.2, -0.15) is 0 Å². The van der Waals surface area contributed by atoms with Crippen LogP contribution in [0.5, 0.6) is 0 Å². The molecule has 3 heterocycles. The normalized spacial score (nSPS) is 21.1. The molecule has 0 radical (unpaired) electrons. The van der Waals surface area contributed by atoms with Crippen molar-refractivity contribution in [1.82, 2.24) is 20.9 Å². The van der Waals surface area contributed by atoms with Crippen LogP contribution in [0.4, 0.5) is 5.69 Å². The van der Waals surface area contributed by atoms with Crippen molar-refractivity contribution in [1.29, 1.82) is 0 Å². The third-order valence-electron chi connectivity index (χ3n) is 6.05. The van der Waals surface area contributed by atoms with E-state index in [0.29, 0.717) is 0 Å². The Morgan fingerprint density at radius 2 is 2.07 bits per heavy atom. The lowest BCUT2D eigenvalue weighted by molar-refractivity contribution is 0.160. The number of hydrogen-bond acceptors (Lipinski definition) is 5. The number of allylic oxidation sites excluding steroid dienone is 1. The van der Waals surface area contributed by atoms with Gasteiger partial charge < -0.3 is 10.6 Å². The van der Waals surface area contributed by atoms with Gasteiger partial charge in [0.1, 0.15) is 0 Å². The standard InChI is InChI=1S/C23H26ClN5/c1-15-23-20-7-6-16(17-8-10-25-14-17)12-21(20)22(9-11-29(23)27-28(15)2)26-19-5-3-4-18(24)13-19/h3-8,12-13,22,25-27H,9-11,14H2,1-2H3. The fourth-order valence-corrected chi connectivity index (χ4v) is 4.66. The van der Waals surface area contributed by atoms with Crippen LogP contribution in [0.25, 0.3) is 11.3 Å². The lowest BCUT2D eigenvalue weighted by atomic mass is 9.92. The van der Waals surface area contributed by atoms with Crippen molar-refractivity contribution in [3.05, 3.63) is 76.0 Å². The number of fused-ring (bicyclic) bond motifs is 3. The highest BCUT2D eigenvalue weighted by molar-refractivity contribution is 6.30. The van der Waals surface area contributed by atoms with E-state index in [2.05, 4.69) is 70.5 Å². The molecule has 5 nitrogen and oxygen atoms in total. The molecule has 5 rings (SSSR count). The maximum Gasteiger partial charge on any atom is 0.0816 e. The first-order valence-corrected chi connectivity index (χ1v) is 10.5. The lowest BCUT2D eigenvalue weighted by Crippen LogP contribution is -2.39. The summed E-state index contributed by atoms with van der Waals surface area (Å²) in [6.45, 7) is 4.98. The Labute approximate surface area is 177 Å². The van der Waals surface area contributed by atoms with Crippen LogP contribution in [0, 0.1) is 0 Å². The Kier molecular flexibility index (Phi) is 4.74. The van der Waals surface area contributed by atoms with Gasteiger partial charge in [0.25, 0.3) is 0 Å². The first kappa shape index (κ1) is 18.6. The van der Waals surface area contributed by atoms with Gasteiger partial charge in [-0.15, -0.1) is 5.53 Å². The third kappa shape index (κ3) is 3.39. The van der Waals surface area contributed by atoms with Crippen molar-refractivity contribution in [2.24, 2.45) is 0 Å². The van der Waals surface area contributed by atoms with Crippen LogP contribution >= 0.6 is 11.6 Å². The molecule has 0 saturated carbocycles. The summed E-state index contributed by atoms with van der Waals surface area (Å²) in [6.07, 6.45) is 3.28. The molecule has 150 valence electrons. The molecule has 0 aliphatic carbocycles. The quantitative estimate of drug-likeness (QED) is 0.710. The van der Waals surface area contributed by atoms with Gasteiger partial charge in [-0.25, -0.2) is 0 Å². The van der Waals surface area contributed by atoms with E-state index in [9.17, 15) is 0 Å². The molecular formula is C23H26ClN5. The van der Waals surface area contributed by atoms with Crippen molar-refractivity contribution in [2.75, 3.05) is 32.0 Å². The van der Waals surface area contributed by atoms with Gasteiger partial charge in [-0.3, -0.25) is 10.0 Å². The van der Waals surface area contributed by atoms with E-state index in [0.717, 1.165) is 36.8 Å². The summed E-state index contributed by atoms with van der Waals surface area (Å²) in [5.41, 5.74) is 12.3. The summed E-state index contributed by atoms with van der Waals surface area (Å²) >= 11 is 6.23. The number of hydrazine groups is 2. The molecule has 1 atom stereocenters. The Morgan fingerprint density at radius 1 is 1.17 bits per heavy atom. The molecule has 0 aromatic heterocycles. The van der Waals surface area contributed by atoms with Crippen LogP contribution in [-0.2, 0) is 0 Å². The largest absolute Gasteiger partial charge is 0.378 e. The van der Waals surface area contributed by atoms with E-state index in [1.54, 1.807) is 0 Å². The number of hydrogen-bond donors (Lipinski definition) is 3. The first-order valence-electron chi connectivity index (χ1n) is 10.1. The van der Waals surface area contributed by atoms with Crippen molar-refractivity contribution >= 4 is 28.6 Å². The van der Waals surface area contributed by atoms with E-state index >= 15 is 0 Å². The first-order chi connectivity index (χ1) is 14.1. The molecule has 2 aromatic rings. The van der Waals surface area contributed by atoms with Gasteiger partial charge in [0.05, 0.1) is 17.4 Å². The van der Waals surface area contributed by atoms with Gasteiger partial charge >= 0.3 is 0 Å². The predicted octanol–water partition coefficient (Wildman–Crippen LogP) is 4.24. The predicted molar refractivity (Wildman–Crippen MR) is 120 cm³/mol. The minimum absolute atomic E-state index is 0.205. The van der Waals surface area contributed by atoms with Gasteiger partial charge in [0.15, 0.2) is 0 Å². The summed E-state index contributed by atoms with van der Waals surface area (Å²) in [4.78, 5) is 0. The van der Waals surface area contributed by atoms with Gasteiger partial charge in [-0.1, -0.05) is 35.9 Å². The fourth-order valence-electron chi connectivity index (χ4n) is 4.47. The van der Waals surface area contributed by atoms with Crippen LogP contribution in [0.2, 0.25) is 5.02 Å². The van der Waals surface area contributed by atoms with Crippen LogP contribution in [-0.4, -0.2) is 36.7 Å². The number of nitrogens with zero attached hydrogens (tertiary/aromatic N) is 2. The van der Waals surface area contributed by atoms with E-state index in [4.69, 9.17) is 11.6 Å². The second-order valence-corrected chi connectivity index (χ2v) is 8.34. The number of anilines is 1. The Hall–Kier alpha value is -2.47. The van der Waals surface area contributed by atoms with Crippen LogP contribution in [0.3, 0.4) is 0 Å². The average Bonchev–Trinajstić information content (AvgIpc) is 3.31. The summed E-state index contributed by atoms with van der Waals surface area (Å²) in [5, 5.41) is 12.3. The molecule has 0 spiro atoms. The van der Waals surface area contributed by atoms with Crippen molar-refractivity contribution in [2.45, 2.75) is 19.4 Å². The van der Waals surface area contributed by atoms with Gasteiger partial charge in [0.2, 0.25) is 0 Å². The molecule has 3 N–H and O–H groups in total. The maximum atomic E-state index is 6.23. The molecule has 29 heavy (non-hydrogen) atoms. The SMILES string of the molecule is CC1=C2c3ccc(C4=CCNC4)cc3C(Nc3cccc(Cl)c3)CCN2NN1C. The highest BCUT2D eigenvalue weighted by Gasteiger charge is 2.32. The fraction of sp³-hybridized carbons (Fsp3) is 0.304. The molecule has 0 fully saturated rings.